The van der Waals surface area contributed by atoms with E-state index in [0.717, 1.165) is 17.4 Å². The molecule has 1 amide bonds. The molecule has 152 valence electrons. The number of ether oxygens (including phenoxy) is 2. The maximum Gasteiger partial charge on any atom is 0.406 e. The molecule has 0 aromatic heterocycles. The van der Waals surface area contributed by atoms with Crippen LogP contribution < -0.4 is 10.6 Å². The van der Waals surface area contributed by atoms with Crippen LogP contribution in [0.25, 0.3) is 0 Å². The van der Waals surface area contributed by atoms with E-state index in [1.165, 1.54) is 20.3 Å². The second kappa shape index (κ2) is 10.3. The lowest BCUT2D eigenvalue weighted by Crippen LogP contribution is -2.26. The van der Waals surface area contributed by atoms with Crippen molar-refractivity contribution in [2.75, 3.05) is 31.8 Å². The molecule has 0 saturated heterocycles. The summed E-state index contributed by atoms with van der Waals surface area (Å²) in [5, 5.41) is 5.58. The molecule has 0 heterocycles. The van der Waals surface area contributed by atoms with Gasteiger partial charge in [-0.1, -0.05) is 31.4 Å². The molecule has 1 aliphatic carbocycles. The van der Waals surface area contributed by atoms with Gasteiger partial charge >= 0.3 is 6.09 Å². The summed E-state index contributed by atoms with van der Waals surface area (Å²) in [6, 6.07) is 9.27. The lowest BCUT2D eigenvalue weighted by molar-refractivity contribution is -0.117. The Hall–Kier alpha value is -3.26. The van der Waals surface area contributed by atoms with Crippen molar-refractivity contribution >= 4 is 35.1 Å². The largest absolute Gasteiger partial charge is 0.492 e. The van der Waals surface area contributed by atoms with Crippen LogP contribution in [0.2, 0.25) is 0 Å². The second-order valence-corrected chi connectivity index (χ2v) is 6.96. The second-order valence-electron chi connectivity index (χ2n) is 5.83. The van der Waals surface area contributed by atoms with E-state index in [1.807, 2.05) is 30.3 Å². The van der Waals surface area contributed by atoms with Gasteiger partial charge < -0.3 is 20.1 Å². The number of allylic oxidation sites excluding steroid dienone is 3. The highest BCUT2D eigenvalue weighted by molar-refractivity contribution is 8.04. The fourth-order valence-corrected chi connectivity index (χ4v) is 3.34. The van der Waals surface area contributed by atoms with Crippen LogP contribution in [0.1, 0.15) is 0 Å². The van der Waals surface area contributed by atoms with E-state index in [9.17, 15) is 14.4 Å². The van der Waals surface area contributed by atoms with Crippen LogP contribution in [0.5, 0.6) is 0 Å². The molecule has 2 N–H and O–H groups in total. The molecule has 7 nitrogen and oxygen atoms in total. The summed E-state index contributed by atoms with van der Waals surface area (Å²) in [5.41, 5.74) is 1.48. The van der Waals surface area contributed by atoms with Gasteiger partial charge in [-0.15, -0.1) is 11.8 Å². The normalized spacial score (nSPS) is 13.5. The number of rotatable bonds is 9. The van der Waals surface area contributed by atoms with Crippen LogP contribution >= 0.6 is 11.8 Å². The molecule has 0 spiro atoms. The highest BCUT2D eigenvalue weighted by atomic mass is 32.2. The summed E-state index contributed by atoms with van der Waals surface area (Å²) in [4.78, 5) is 36.8. The van der Waals surface area contributed by atoms with Crippen molar-refractivity contribution in [3.8, 4) is 0 Å². The number of carbonyl (C=O) groups excluding carboxylic acids is 3. The van der Waals surface area contributed by atoms with Crippen molar-refractivity contribution in [3.63, 3.8) is 0 Å². The lowest BCUT2D eigenvalue weighted by atomic mass is 9.93. The van der Waals surface area contributed by atoms with Gasteiger partial charge in [0.15, 0.2) is 5.76 Å². The quantitative estimate of drug-likeness (QED) is 0.364. The van der Waals surface area contributed by atoms with E-state index in [2.05, 4.69) is 28.5 Å². The maximum atomic E-state index is 13.0. The molecule has 1 aliphatic rings. The van der Waals surface area contributed by atoms with Crippen LogP contribution in [0.15, 0.2) is 77.1 Å². The third-order valence-corrected chi connectivity index (χ3v) is 4.94. The molecule has 2 rings (SSSR count). The van der Waals surface area contributed by atoms with Crippen LogP contribution in [-0.4, -0.2) is 44.2 Å². The first-order valence-corrected chi connectivity index (χ1v) is 9.61. The molecule has 0 radical (unpaired) electrons. The lowest BCUT2D eigenvalue weighted by Gasteiger charge is -2.21. The van der Waals surface area contributed by atoms with E-state index in [1.54, 1.807) is 0 Å². The highest BCUT2D eigenvalue weighted by Gasteiger charge is 2.32. The number of anilines is 1. The Morgan fingerprint density at radius 1 is 1.14 bits per heavy atom. The average Bonchev–Trinajstić information content (AvgIpc) is 2.72. The molecule has 1 aromatic rings. The zero-order valence-electron chi connectivity index (χ0n) is 16.2. The number of Topliss-reactive ketones (excluding diaryl/α,β-unsaturated/α-hetero) is 1. The molecule has 0 aliphatic heterocycles. The standard InChI is InChI=1S/C21H22N2O5S/c1-13(14(2)23-15-8-6-5-7-9-15)18-19(25)17(12-16(24)20(18)27-3)29-11-10-22-21(26)28-4/h5-9,12,23H,1-2,10-11H2,3-4H3,(H,22,26). The first-order valence-electron chi connectivity index (χ1n) is 8.63. The first kappa shape index (κ1) is 22.0. The Labute approximate surface area is 173 Å². The Morgan fingerprint density at radius 3 is 2.45 bits per heavy atom. The number of hydrogen-bond donors (Lipinski definition) is 2. The van der Waals surface area contributed by atoms with Gasteiger partial charge in [0.05, 0.1) is 24.7 Å². The minimum atomic E-state index is -0.565. The summed E-state index contributed by atoms with van der Waals surface area (Å²) in [6.07, 6.45) is 0.665. The van der Waals surface area contributed by atoms with Gasteiger partial charge in [-0.05, 0) is 12.1 Å². The van der Waals surface area contributed by atoms with Crippen molar-refractivity contribution in [2.24, 2.45) is 0 Å². The minimum absolute atomic E-state index is 0.0665. The first-order chi connectivity index (χ1) is 13.9. The summed E-state index contributed by atoms with van der Waals surface area (Å²) in [5.74, 6) is -0.511. The number of thioether (sulfide) groups is 1. The van der Waals surface area contributed by atoms with Gasteiger partial charge in [-0.3, -0.25) is 9.59 Å². The van der Waals surface area contributed by atoms with Crippen LogP contribution in [0.4, 0.5) is 10.5 Å². The highest BCUT2D eigenvalue weighted by Crippen LogP contribution is 2.33. The predicted octanol–water partition coefficient (Wildman–Crippen LogP) is 3.19. The molecular weight excluding hydrogens is 392 g/mol. The number of para-hydroxylation sites is 1. The van der Waals surface area contributed by atoms with Crippen LogP contribution in [0, 0.1) is 0 Å². The van der Waals surface area contributed by atoms with Gasteiger partial charge in [0.2, 0.25) is 11.6 Å². The van der Waals surface area contributed by atoms with Gasteiger partial charge in [0, 0.05) is 35.3 Å². The zero-order valence-corrected chi connectivity index (χ0v) is 17.1. The van der Waals surface area contributed by atoms with Gasteiger partial charge in [0.25, 0.3) is 0 Å². The van der Waals surface area contributed by atoms with E-state index < -0.39 is 11.9 Å². The summed E-state index contributed by atoms with van der Waals surface area (Å²) < 4.78 is 9.67. The smallest absolute Gasteiger partial charge is 0.406 e. The Bertz CT molecular complexity index is 903. The van der Waals surface area contributed by atoms with Crippen molar-refractivity contribution < 1.29 is 23.9 Å². The summed E-state index contributed by atoms with van der Waals surface area (Å²) in [7, 11) is 2.59. The van der Waals surface area contributed by atoms with Gasteiger partial charge in [-0.2, -0.15) is 0 Å². The topological polar surface area (TPSA) is 93.7 Å². The SMILES string of the molecule is C=C(Nc1ccccc1)C(=C)C1=C(OC)C(=O)C=C(SCCNC(=O)OC)C1=O. The summed E-state index contributed by atoms with van der Waals surface area (Å²) in [6.45, 7) is 8.14. The molecule has 0 unspecified atom stereocenters. The van der Waals surface area contributed by atoms with Gasteiger partial charge in [0.1, 0.15) is 0 Å². The number of hydrogen-bond acceptors (Lipinski definition) is 7. The molecule has 29 heavy (non-hydrogen) atoms. The Balaban J connectivity index is 2.14. The number of alkyl carbamates (subject to hydrolysis) is 1. The Kier molecular flexibility index (Phi) is 7.85. The monoisotopic (exact) mass is 414 g/mol. The average molecular weight is 414 g/mol. The van der Waals surface area contributed by atoms with Crippen molar-refractivity contribution in [1.82, 2.24) is 5.32 Å². The van der Waals surface area contributed by atoms with Crippen LogP contribution in [0.3, 0.4) is 0 Å². The predicted molar refractivity (Wildman–Crippen MR) is 113 cm³/mol. The zero-order chi connectivity index (χ0) is 21.4. The van der Waals surface area contributed by atoms with Crippen molar-refractivity contribution in [3.05, 3.63) is 77.1 Å². The molecule has 8 heteroatoms. The van der Waals surface area contributed by atoms with E-state index in [-0.39, 0.29) is 34.1 Å². The third-order valence-electron chi connectivity index (χ3n) is 3.92. The van der Waals surface area contributed by atoms with E-state index in [4.69, 9.17) is 4.74 Å². The number of nitrogens with one attached hydrogen (secondary N) is 2. The number of methoxy groups -OCH3 is 2. The minimum Gasteiger partial charge on any atom is -0.492 e. The molecule has 0 atom stereocenters. The van der Waals surface area contributed by atoms with Crippen molar-refractivity contribution in [2.45, 2.75) is 0 Å². The Morgan fingerprint density at radius 2 is 1.83 bits per heavy atom. The molecule has 0 bridgehead atoms. The van der Waals surface area contributed by atoms with Crippen LogP contribution in [-0.2, 0) is 19.1 Å². The number of benzene rings is 1. The summed E-state index contributed by atoms with van der Waals surface area (Å²) >= 11 is 1.15. The maximum absolute atomic E-state index is 13.0. The number of amides is 1. The van der Waals surface area contributed by atoms with Gasteiger partial charge in [-0.25, -0.2) is 4.79 Å². The fraction of sp³-hybridized carbons (Fsp3) is 0.190. The van der Waals surface area contributed by atoms with E-state index >= 15 is 0 Å². The number of ketones is 2. The molecule has 1 aromatic carbocycles. The van der Waals surface area contributed by atoms with E-state index in [0.29, 0.717) is 11.4 Å². The molecule has 0 saturated carbocycles. The van der Waals surface area contributed by atoms with Crippen molar-refractivity contribution in [1.29, 1.82) is 0 Å². The third kappa shape index (κ3) is 5.61. The fourth-order valence-electron chi connectivity index (χ4n) is 2.49. The number of carbonyl (C=O) groups is 3. The molecular formula is C21H22N2O5S. The molecule has 0 fully saturated rings.